The Balaban J connectivity index is 1.83. The predicted octanol–water partition coefficient (Wildman–Crippen LogP) is 4.27. The van der Waals surface area contributed by atoms with E-state index in [1.807, 2.05) is 74.3 Å². The molecule has 0 atom stereocenters. The molecular weight excluding hydrogens is 442 g/mol. The van der Waals surface area contributed by atoms with E-state index in [-0.39, 0.29) is 18.4 Å². The first-order valence-electron chi connectivity index (χ1n) is 12.0. The summed E-state index contributed by atoms with van der Waals surface area (Å²) in [6.45, 7) is 7.24. The maximum Gasteiger partial charge on any atom is 0.242 e. The molecule has 0 bridgehead atoms. The summed E-state index contributed by atoms with van der Waals surface area (Å²) in [5.41, 5.74) is 2.56. The smallest absolute Gasteiger partial charge is 0.242 e. The van der Waals surface area contributed by atoms with Crippen molar-refractivity contribution in [1.82, 2.24) is 14.8 Å². The van der Waals surface area contributed by atoms with Crippen molar-refractivity contribution >= 4 is 22.7 Å². The van der Waals surface area contributed by atoms with Gasteiger partial charge in [-0.2, -0.15) is 0 Å². The van der Waals surface area contributed by atoms with E-state index in [4.69, 9.17) is 9.47 Å². The molecule has 0 aliphatic carbocycles. The first-order chi connectivity index (χ1) is 16.7. The number of amides is 2. The summed E-state index contributed by atoms with van der Waals surface area (Å²) >= 11 is 0. The molecular formula is C28H37N3O4. The van der Waals surface area contributed by atoms with Gasteiger partial charge in [-0.15, -0.1) is 0 Å². The quantitative estimate of drug-likeness (QED) is 0.446. The number of benzene rings is 2. The molecule has 0 unspecified atom stereocenters. The molecule has 1 heterocycles. The predicted molar refractivity (Wildman–Crippen MR) is 138 cm³/mol. The van der Waals surface area contributed by atoms with E-state index in [1.54, 1.807) is 19.1 Å². The first kappa shape index (κ1) is 26.3. The molecule has 0 aliphatic heterocycles. The molecule has 2 aromatic carbocycles. The van der Waals surface area contributed by atoms with Gasteiger partial charge in [0.05, 0.1) is 20.3 Å². The van der Waals surface area contributed by atoms with E-state index in [0.29, 0.717) is 32.7 Å². The Morgan fingerprint density at radius 1 is 0.914 bits per heavy atom. The molecule has 0 saturated heterocycles. The molecule has 7 heteroatoms. The summed E-state index contributed by atoms with van der Waals surface area (Å²) in [6, 6.07) is 15.9. The second-order valence-electron chi connectivity index (χ2n) is 9.71. The highest BCUT2D eigenvalue weighted by molar-refractivity contribution is 5.87. The van der Waals surface area contributed by atoms with Gasteiger partial charge in [-0.3, -0.25) is 9.59 Å². The molecule has 0 radical (unpaired) electrons. The van der Waals surface area contributed by atoms with E-state index < -0.39 is 5.41 Å². The third-order valence-corrected chi connectivity index (χ3v) is 6.05. The minimum absolute atomic E-state index is 0.00248. The van der Waals surface area contributed by atoms with Crippen LogP contribution in [0.5, 0.6) is 5.75 Å². The van der Waals surface area contributed by atoms with Gasteiger partial charge in [0.25, 0.3) is 0 Å². The van der Waals surface area contributed by atoms with Crippen molar-refractivity contribution in [3.8, 4) is 5.75 Å². The minimum atomic E-state index is -0.592. The highest BCUT2D eigenvalue weighted by Crippen LogP contribution is 2.23. The zero-order valence-corrected chi connectivity index (χ0v) is 21.5. The van der Waals surface area contributed by atoms with Crippen LogP contribution in [0, 0.1) is 5.41 Å². The molecule has 7 nitrogen and oxygen atoms in total. The van der Waals surface area contributed by atoms with E-state index in [1.165, 1.54) is 0 Å². The van der Waals surface area contributed by atoms with E-state index >= 15 is 0 Å². The van der Waals surface area contributed by atoms with Crippen LogP contribution in [0.2, 0.25) is 0 Å². The monoisotopic (exact) mass is 479 g/mol. The fraction of sp³-hybridized carbons (Fsp3) is 0.429. The average molecular weight is 480 g/mol. The highest BCUT2D eigenvalue weighted by atomic mass is 16.5. The van der Waals surface area contributed by atoms with Gasteiger partial charge in [0.15, 0.2) is 0 Å². The molecule has 188 valence electrons. The summed E-state index contributed by atoms with van der Waals surface area (Å²) in [5.74, 6) is 0.556. The topological polar surface area (TPSA) is 74.9 Å². The number of hydrogen-bond acceptors (Lipinski definition) is 4. The van der Waals surface area contributed by atoms with Gasteiger partial charge in [-0.1, -0.05) is 57.2 Å². The number of para-hydroxylation sites is 2. The van der Waals surface area contributed by atoms with Crippen LogP contribution in [0.3, 0.4) is 0 Å². The highest BCUT2D eigenvalue weighted by Gasteiger charge is 2.30. The molecule has 0 spiro atoms. The molecule has 1 aromatic heterocycles. The number of rotatable bonds is 11. The van der Waals surface area contributed by atoms with Crippen molar-refractivity contribution in [3.05, 3.63) is 65.9 Å². The zero-order valence-electron chi connectivity index (χ0n) is 21.5. The Morgan fingerprint density at radius 3 is 2.34 bits per heavy atom. The summed E-state index contributed by atoms with van der Waals surface area (Å²) in [5, 5.41) is 1.15. The largest absolute Gasteiger partial charge is 0.496 e. The molecule has 3 aromatic rings. The number of carbonyl (C=O) groups is 2. The fourth-order valence-electron chi connectivity index (χ4n) is 4.12. The number of methoxy groups -OCH3 is 2. The molecule has 3 rings (SSSR count). The third-order valence-electron chi connectivity index (χ3n) is 6.05. The number of fused-ring (bicyclic) bond motifs is 1. The van der Waals surface area contributed by atoms with Crippen LogP contribution >= 0.6 is 0 Å². The summed E-state index contributed by atoms with van der Waals surface area (Å²) in [6.07, 6.45) is 2.70. The molecule has 1 N–H and O–H groups in total. The summed E-state index contributed by atoms with van der Waals surface area (Å²) < 4.78 is 10.7. The number of hydrogen-bond donors (Lipinski definition) is 1. The van der Waals surface area contributed by atoms with Crippen LogP contribution in [-0.2, 0) is 27.3 Å². The Kier molecular flexibility index (Phi) is 8.93. The van der Waals surface area contributed by atoms with Crippen molar-refractivity contribution in [2.45, 2.75) is 33.7 Å². The fourth-order valence-corrected chi connectivity index (χ4v) is 4.12. The number of aromatic amines is 1. The minimum Gasteiger partial charge on any atom is -0.496 e. The molecule has 35 heavy (non-hydrogen) atoms. The lowest BCUT2D eigenvalue weighted by Gasteiger charge is -2.31. The lowest BCUT2D eigenvalue weighted by molar-refractivity contribution is -0.146. The number of nitrogens with zero attached hydrogens (tertiary/aromatic N) is 2. The molecule has 2 amide bonds. The Bertz CT molecular complexity index is 1130. The van der Waals surface area contributed by atoms with Crippen molar-refractivity contribution in [2.75, 3.05) is 40.5 Å². The maximum absolute atomic E-state index is 13.6. The number of ether oxygens (including phenoxy) is 2. The van der Waals surface area contributed by atoms with Crippen molar-refractivity contribution in [1.29, 1.82) is 0 Å². The van der Waals surface area contributed by atoms with Gasteiger partial charge in [-0.25, -0.2) is 0 Å². The number of aromatic nitrogens is 1. The van der Waals surface area contributed by atoms with Gasteiger partial charge >= 0.3 is 0 Å². The van der Waals surface area contributed by atoms with Crippen molar-refractivity contribution < 1.29 is 19.1 Å². The van der Waals surface area contributed by atoms with Gasteiger partial charge < -0.3 is 24.3 Å². The first-order valence-corrected chi connectivity index (χ1v) is 12.0. The summed E-state index contributed by atoms with van der Waals surface area (Å²) in [7, 11) is 3.22. The van der Waals surface area contributed by atoms with Crippen LogP contribution in [0.4, 0.5) is 0 Å². The van der Waals surface area contributed by atoms with Gasteiger partial charge in [0.1, 0.15) is 5.75 Å². The maximum atomic E-state index is 13.6. The normalized spacial score (nSPS) is 11.5. The molecule has 0 saturated carbocycles. The SMILES string of the molecule is COCCN(CC(=O)N(CCc1c[nH]c2ccccc12)Cc1ccccc1OC)C(=O)C(C)(C)C. The lowest BCUT2D eigenvalue weighted by atomic mass is 9.94. The van der Waals surface area contributed by atoms with Crippen LogP contribution in [0.15, 0.2) is 54.7 Å². The zero-order chi connectivity index (χ0) is 25.4. The number of carbonyl (C=O) groups excluding carboxylic acids is 2. The average Bonchev–Trinajstić information content (AvgIpc) is 3.26. The van der Waals surface area contributed by atoms with Crippen LogP contribution in [0.25, 0.3) is 10.9 Å². The lowest BCUT2D eigenvalue weighted by Crippen LogP contribution is -2.47. The summed E-state index contributed by atoms with van der Waals surface area (Å²) in [4.78, 5) is 33.4. The second-order valence-corrected chi connectivity index (χ2v) is 9.71. The van der Waals surface area contributed by atoms with Crippen LogP contribution in [0.1, 0.15) is 31.9 Å². The number of nitrogens with one attached hydrogen (secondary N) is 1. The van der Waals surface area contributed by atoms with E-state index in [2.05, 4.69) is 11.1 Å². The van der Waals surface area contributed by atoms with Gasteiger partial charge in [0, 0.05) is 54.8 Å². The molecule has 0 aliphatic rings. The van der Waals surface area contributed by atoms with E-state index in [9.17, 15) is 9.59 Å². The molecule has 0 fully saturated rings. The van der Waals surface area contributed by atoms with Crippen molar-refractivity contribution in [2.24, 2.45) is 5.41 Å². The van der Waals surface area contributed by atoms with E-state index in [0.717, 1.165) is 27.8 Å². The van der Waals surface area contributed by atoms with Crippen molar-refractivity contribution in [3.63, 3.8) is 0 Å². The Hall–Kier alpha value is -3.32. The Labute approximate surface area is 208 Å². The standard InChI is InChI=1S/C28H37N3O4/c1-28(2,3)27(33)31(16-17-34-4)20-26(32)30(19-22-10-6-9-13-25(22)35-5)15-14-21-18-29-24-12-8-7-11-23(21)24/h6-13,18,29H,14-17,19-20H2,1-5H3. The van der Waals surface area contributed by atoms with Gasteiger partial charge in [0.2, 0.25) is 11.8 Å². The number of H-pyrrole nitrogens is 1. The van der Waals surface area contributed by atoms with Crippen LogP contribution in [-0.4, -0.2) is 67.1 Å². The Morgan fingerprint density at radius 2 is 1.63 bits per heavy atom. The second kappa shape index (κ2) is 11.9. The third kappa shape index (κ3) is 6.85. The van der Waals surface area contributed by atoms with Gasteiger partial charge in [-0.05, 0) is 24.1 Å². The van der Waals surface area contributed by atoms with Crippen LogP contribution < -0.4 is 4.74 Å².